The van der Waals surface area contributed by atoms with Crippen molar-refractivity contribution >= 4 is 34.8 Å². The van der Waals surface area contributed by atoms with Gasteiger partial charge in [-0.1, -0.05) is 16.8 Å². The number of aryl methyl sites for hydroxylation is 2. The number of Topliss-reactive ketones (excluding diaryl/α,β-unsaturated/α-hetero) is 1. The van der Waals surface area contributed by atoms with Crippen LogP contribution in [0.3, 0.4) is 0 Å². The third-order valence-corrected chi connectivity index (χ3v) is 5.56. The molecule has 0 aliphatic carbocycles. The molecular weight excluding hydrogens is 438 g/mol. The SMILES string of the molecule is Cc1ncc([N+](=O)[O-])n1Cc1cn(CCCCCN2C(=O)C(=O)c3cc(Cl)ccc32)nn1. The van der Waals surface area contributed by atoms with E-state index in [1.165, 1.54) is 21.7 Å². The lowest BCUT2D eigenvalue weighted by Gasteiger charge is -2.16. The van der Waals surface area contributed by atoms with E-state index in [1.807, 2.05) is 0 Å². The van der Waals surface area contributed by atoms with Gasteiger partial charge in [0, 0.05) is 25.0 Å². The van der Waals surface area contributed by atoms with Crippen molar-refractivity contribution in [2.45, 2.75) is 39.3 Å². The molecule has 1 aliphatic rings. The maximum absolute atomic E-state index is 12.2. The number of unbranched alkanes of at least 4 members (excludes halogenated alkanes) is 2. The van der Waals surface area contributed by atoms with Crippen LogP contribution in [0.15, 0.2) is 30.6 Å². The summed E-state index contributed by atoms with van der Waals surface area (Å²) < 4.78 is 3.17. The Bertz CT molecular complexity index is 1200. The fourth-order valence-corrected chi connectivity index (χ4v) is 3.87. The van der Waals surface area contributed by atoms with Gasteiger partial charge in [-0.15, -0.1) is 5.10 Å². The summed E-state index contributed by atoms with van der Waals surface area (Å²) in [6.45, 7) is 2.99. The van der Waals surface area contributed by atoms with Gasteiger partial charge in [0.2, 0.25) is 0 Å². The van der Waals surface area contributed by atoms with Gasteiger partial charge in [0.15, 0.2) is 5.82 Å². The maximum Gasteiger partial charge on any atom is 0.343 e. The summed E-state index contributed by atoms with van der Waals surface area (Å²) in [5, 5.41) is 19.7. The summed E-state index contributed by atoms with van der Waals surface area (Å²) in [6.07, 6.45) is 5.33. The van der Waals surface area contributed by atoms with Crippen LogP contribution in [0.5, 0.6) is 0 Å². The zero-order chi connectivity index (χ0) is 22.8. The molecule has 3 heterocycles. The Balaban J connectivity index is 1.27. The minimum atomic E-state index is -0.522. The average molecular weight is 458 g/mol. The Hall–Kier alpha value is -3.60. The summed E-state index contributed by atoms with van der Waals surface area (Å²) in [4.78, 5) is 40.5. The number of rotatable bonds is 9. The first kappa shape index (κ1) is 21.6. The molecule has 0 fully saturated rings. The third kappa shape index (κ3) is 4.24. The first-order chi connectivity index (χ1) is 15.3. The van der Waals surface area contributed by atoms with Crippen LogP contribution in [0, 0.1) is 17.0 Å². The summed E-state index contributed by atoms with van der Waals surface area (Å²) in [6, 6.07) is 4.89. The molecule has 3 aromatic rings. The summed E-state index contributed by atoms with van der Waals surface area (Å²) in [5.41, 5.74) is 1.56. The highest BCUT2D eigenvalue weighted by atomic mass is 35.5. The molecule has 1 aliphatic heterocycles. The van der Waals surface area contributed by atoms with E-state index >= 15 is 0 Å². The number of ketones is 1. The number of fused-ring (bicyclic) bond motifs is 1. The van der Waals surface area contributed by atoms with E-state index in [4.69, 9.17) is 11.6 Å². The number of hydrogen-bond donors (Lipinski definition) is 0. The molecular formula is C20H20ClN7O4. The van der Waals surface area contributed by atoms with Gasteiger partial charge in [0.1, 0.15) is 18.4 Å². The van der Waals surface area contributed by atoms with Crippen LogP contribution in [0.25, 0.3) is 0 Å². The highest BCUT2D eigenvalue weighted by Gasteiger charge is 2.35. The van der Waals surface area contributed by atoms with E-state index in [0.717, 1.165) is 19.3 Å². The van der Waals surface area contributed by atoms with Crippen LogP contribution < -0.4 is 4.90 Å². The van der Waals surface area contributed by atoms with Gasteiger partial charge in [-0.2, -0.15) is 0 Å². The standard InChI is InChI=1S/C20H20ClN7O4/c1-13-22-10-18(28(31)32)27(13)12-15-11-25(24-23-15)7-3-2-4-8-26-17-6-5-14(21)9-16(17)19(29)20(26)30/h5-6,9-11H,2-4,7-8,12H2,1H3. The van der Waals surface area contributed by atoms with Crippen LogP contribution in [0.2, 0.25) is 5.02 Å². The molecule has 4 rings (SSSR count). The van der Waals surface area contributed by atoms with Gasteiger partial charge >= 0.3 is 5.82 Å². The maximum atomic E-state index is 12.2. The quantitative estimate of drug-likeness (QED) is 0.209. The molecule has 0 saturated carbocycles. The predicted octanol–water partition coefficient (Wildman–Crippen LogP) is 2.79. The number of amides is 1. The Morgan fingerprint density at radius 2 is 1.94 bits per heavy atom. The Labute approximate surface area is 187 Å². The van der Waals surface area contributed by atoms with Crippen molar-refractivity contribution in [3.8, 4) is 0 Å². The molecule has 2 aromatic heterocycles. The monoisotopic (exact) mass is 457 g/mol. The molecule has 0 unspecified atom stereocenters. The average Bonchev–Trinajstić information content (AvgIpc) is 3.42. The fraction of sp³-hybridized carbons (Fsp3) is 0.350. The van der Waals surface area contributed by atoms with E-state index in [0.29, 0.717) is 40.9 Å². The number of aromatic nitrogens is 5. The molecule has 11 nitrogen and oxygen atoms in total. The van der Waals surface area contributed by atoms with Crippen LogP contribution in [-0.4, -0.2) is 47.7 Å². The lowest BCUT2D eigenvalue weighted by molar-refractivity contribution is -0.392. The molecule has 166 valence electrons. The Morgan fingerprint density at radius 3 is 2.72 bits per heavy atom. The molecule has 0 saturated heterocycles. The first-order valence-corrected chi connectivity index (χ1v) is 10.4. The minimum absolute atomic E-state index is 0.0872. The molecule has 0 bridgehead atoms. The van der Waals surface area contributed by atoms with Crippen molar-refractivity contribution in [2.24, 2.45) is 0 Å². The molecule has 0 spiro atoms. The van der Waals surface area contributed by atoms with Gasteiger partial charge in [-0.25, -0.2) is 9.55 Å². The number of anilines is 1. The van der Waals surface area contributed by atoms with Gasteiger partial charge in [0.05, 0.1) is 17.4 Å². The number of halogens is 1. The third-order valence-electron chi connectivity index (χ3n) is 5.33. The van der Waals surface area contributed by atoms with Gasteiger partial charge < -0.3 is 15.0 Å². The molecule has 0 atom stereocenters. The highest BCUT2D eigenvalue weighted by Crippen LogP contribution is 2.31. The van der Waals surface area contributed by atoms with E-state index in [2.05, 4.69) is 15.3 Å². The number of carbonyl (C=O) groups is 2. The number of hydrogen-bond acceptors (Lipinski definition) is 7. The second-order valence-corrected chi connectivity index (χ2v) is 7.92. The molecule has 0 N–H and O–H groups in total. The second kappa shape index (κ2) is 8.87. The second-order valence-electron chi connectivity index (χ2n) is 7.49. The van der Waals surface area contributed by atoms with Crippen LogP contribution in [-0.2, 0) is 17.9 Å². The topological polar surface area (TPSA) is 129 Å². The normalized spacial score (nSPS) is 13.1. The predicted molar refractivity (Wildman–Crippen MR) is 115 cm³/mol. The van der Waals surface area contributed by atoms with Crippen LogP contribution in [0.1, 0.15) is 41.1 Å². The summed E-state index contributed by atoms with van der Waals surface area (Å²) in [5.74, 6) is -0.598. The fourth-order valence-electron chi connectivity index (χ4n) is 3.69. The van der Waals surface area contributed by atoms with Gasteiger partial charge in [-0.3, -0.25) is 14.3 Å². The first-order valence-electron chi connectivity index (χ1n) is 10.1. The lowest BCUT2D eigenvalue weighted by atomic mass is 10.1. The van der Waals surface area contributed by atoms with Crippen molar-refractivity contribution in [3.63, 3.8) is 0 Å². The lowest BCUT2D eigenvalue weighted by Crippen LogP contribution is -2.30. The Morgan fingerprint density at radius 1 is 1.16 bits per heavy atom. The van der Waals surface area contributed by atoms with E-state index in [9.17, 15) is 19.7 Å². The number of benzene rings is 1. The highest BCUT2D eigenvalue weighted by molar-refractivity contribution is 6.52. The molecule has 12 heteroatoms. The van der Waals surface area contributed by atoms with Gasteiger partial charge in [-0.05, 0) is 42.4 Å². The van der Waals surface area contributed by atoms with Crippen molar-refractivity contribution in [2.75, 3.05) is 11.4 Å². The van der Waals surface area contributed by atoms with Crippen molar-refractivity contribution in [1.29, 1.82) is 0 Å². The minimum Gasteiger partial charge on any atom is -0.358 e. The summed E-state index contributed by atoms with van der Waals surface area (Å²) >= 11 is 5.93. The van der Waals surface area contributed by atoms with Crippen molar-refractivity contribution in [1.82, 2.24) is 24.5 Å². The van der Waals surface area contributed by atoms with E-state index in [-0.39, 0.29) is 12.4 Å². The molecule has 1 aromatic carbocycles. The number of nitrogens with zero attached hydrogens (tertiary/aromatic N) is 7. The molecule has 1 amide bonds. The molecule has 32 heavy (non-hydrogen) atoms. The largest absolute Gasteiger partial charge is 0.358 e. The van der Waals surface area contributed by atoms with Crippen LogP contribution >= 0.6 is 11.6 Å². The number of carbonyl (C=O) groups excluding carboxylic acids is 2. The zero-order valence-electron chi connectivity index (χ0n) is 17.3. The number of nitro groups is 1. The zero-order valence-corrected chi connectivity index (χ0v) is 18.0. The Kier molecular flexibility index (Phi) is 5.99. The number of imidazole rings is 1. The smallest absolute Gasteiger partial charge is 0.343 e. The van der Waals surface area contributed by atoms with E-state index in [1.54, 1.807) is 29.9 Å². The summed E-state index contributed by atoms with van der Waals surface area (Å²) in [7, 11) is 0. The van der Waals surface area contributed by atoms with E-state index < -0.39 is 16.6 Å². The van der Waals surface area contributed by atoms with Crippen LogP contribution in [0.4, 0.5) is 11.5 Å². The van der Waals surface area contributed by atoms with Crippen molar-refractivity contribution < 1.29 is 14.5 Å². The van der Waals surface area contributed by atoms with Gasteiger partial charge in [0.25, 0.3) is 11.7 Å². The molecule has 0 radical (unpaired) electrons. The van der Waals surface area contributed by atoms with Crippen molar-refractivity contribution in [3.05, 3.63) is 62.8 Å².